The molecule has 4 rings (SSSR count). The van der Waals surface area contributed by atoms with Crippen LogP contribution in [0.25, 0.3) is 22.4 Å². The molecule has 6 nitrogen and oxygen atoms in total. The predicted octanol–water partition coefficient (Wildman–Crippen LogP) is 2.90. The summed E-state index contributed by atoms with van der Waals surface area (Å²) in [5.41, 5.74) is 3.12. The van der Waals surface area contributed by atoms with E-state index in [2.05, 4.69) is 26.6 Å². The number of sulfone groups is 1. The molecule has 0 atom stereocenters. The van der Waals surface area contributed by atoms with Gasteiger partial charge in [0.1, 0.15) is 21.5 Å². The fraction of sp³-hybridized carbons (Fsp3) is 0.400. The van der Waals surface area contributed by atoms with Crippen LogP contribution in [0.2, 0.25) is 0 Å². The maximum absolute atomic E-state index is 11.5. The van der Waals surface area contributed by atoms with Gasteiger partial charge in [-0.15, -0.1) is 0 Å². The molecule has 1 fully saturated rings. The van der Waals surface area contributed by atoms with E-state index in [-0.39, 0.29) is 11.7 Å². The van der Waals surface area contributed by atoms with Crippen LogP contribution in [0.3, 0.4) is 0 Å². The van der Waals surface area contributed by atoms with Gasteiger partial charge in [0.2, 0.25) is 0 Å². The third-order valence-electron chi connectivity index (χ3n) is 5.27. The molecule has 3 aromatic rings. The first-order chi connectivity index (χ1) is 12.9. The van der Waals surface area contributed by atoms with Crippen molar-refractivity contribution in [1.82, 2.24) is 14.5 Å². The molecule has 1 aromatic carbocycles. The van der Waals surface area contributed by atoms with Gasteiger partial charge in [-0.3, -0.25) is 0 Å². The first-order valence-corrected chi connectivity index (χ1v) is 11.3. The number of para-hydroxylation sites is 2. The van der Waals surface area contributed by atoms with Crippen molar-refractivity contribution in [2.75, 3.05) is 30.0 Å². The number of hydrogen-bond donors (Lipinski definition) is 0. The second-order valence-electron chi connectivity index (χ2n) is 7.41. The van der Waals surface area contributed by atoms with Crippen LogP contribution >= 0.6 is 0 Å². The van der Waals surface area contributed by atoms with Crippen molar-refractivity contribution in [2.45, 2.75) is 12.8 Å². The van der Waals surface area contributed by atoms with Gasteiger partial charge in [0.05, 0.1) is 16.8 Å². The molecule has 0 N–H and O–H groups in total. The Balaban J connectivity index is 1.56. The van der Waals surface area contributed by atoms with E-state index >= 15 is 0 Å². The molecule has 0 unspecified atom stereocenters. The second kappa shape index (κ2) is 6.96. The smallest absolute Gasteiger partial charge is 0.147 e. The zero-order valence-electron chi connectivity index (χ0n) is 15.7. The molecular formula is C20H24N4O2S. The van der Waals surface area contributed by atoms with Gasteiger partial charge in [0, 0.05) is 38.2 Å². The van der Waals surface area contributed by atoms with Gasteiger partial charge < -0.3 is 9.47 Å². The molecule has 0 aliphatic carbocycles. The van der Waals surface area contributed by atoms with E-state index in [1.54, 1.807) is 0 Å². The van der Waals surface area contributed by atoms with Crippen molar-refractivity contribution < 1.29 is 8.42 Å². The van der Waals surface area contributed by atoms with E-state index in [1.807, 2.05) is 37.5 Å². The number of piperidine rings is 1. The Morgan fingerprint density at radius 2 is 1.89 bits per heavy atom. The Kier molecular flexibility index (Phi) is 4.63. The van der Waals surface area contributed by atoms with E-state index in [0.29, 0.717) is 0 Å². The number of pyridine rings is 1. The van der Waals surface area contributed by atoms with Gasteiger partial charge in [0.15, 0.2) is 0 Å². The van der Waals surface area contributed by atoms with Crippen LogP contribution in [0.5, 0.6) is 0 Å². The summed E-state index contributed by atoms with van der Waals surface area (Å²) in [6, 6.07) is 12.2. The zero-order chi connectivity index (χ0) is 19.0. The summed E-state index contributed by atoms with van der Waals surface area (Å²) in [6.45, 7) is 1.67. The van der Waals surface area contributed by atoms with Gasteiger partial charge in [-0.05, 0) is 43.0 Å². The molecular weight excluding hydrogens is 360 g/mol. The highest BCUT2D eigenvalue weighted by molar-refractivity contribution is 7.90. The Bertz CT molecular complexity index is 1070. The molecule has 0 radical (unpaired) electrons. The van der Waals surface area contributed by atoms with Crippen LogP contribution in [-0.4, -0.2) is 48.1 Å². The molecule has 142 valence electrons. The van der Waals surface area contributed by atoms with E-state index < -0.39 is 9.84 Å². The summed E-state index contributed by atoms with van der Waals surface area (Å²) in [5, 5.41) is 0. The lowest BCUT2D eigenvalue weighted by atomic mass is 9.99. The molecule has 1 aliphatic heterocycles. The number of nitrogens with zero attached hydrogens (tertiary/aromatic N) is 4. The monoisotopic (exact) mass is 384 g/mol. The highest BCUT2D eigenvalue weighted by Crippen LogP contribution is 2.28. The lowest BCUT2D eigenvalue weighted by Gasteiger charge is -2.32. The van der Waals surface area contributed by atoms with Crippen molar-refractivity contribution in [3.63, 3.8) is 0 Å². The summed E-state index contributed by atoms with van der Waals surface area (Å²) < 4.78 is 25.2. The number of hydrogen-bond acceptors (Lipinski definition) is 5. The minimum atomic E-state index is -2.91. The maximum Gasteiger partial charge on any atom is 0.147 e. The molecule has 3 heterocycles. The average Bonchev–Trinajstić information content (AvgIpc) is 2.98. The van der Waals surface area contributed by atoms with Gasteiger partial charge in [0.25, 0.3) is 0 Å². The highest BCUT2D eigenvalue weighted by atomic mass is 32.2. The lowest BCUT2D eigenvalue weighted by molar-refractivity contribution is 0.435. The molecule has 1 aliphatic rings. The molecule has 0 bridgehead atoms. The van der Waals surface area contributed by atoms with Gasteiger partial charge in [-0.2, -0.15) is 0 Å². The number of aromatic nitrogens is 3. The van der Waals surface area contributed by atoms with Gasteiger partial charge in [-0.25, -0.2) is 18.4 Å². The highest BCUT2D eigenvalue weighted by Gasteiger charge is 2.23. The van der Waals surface area contributed by atoms with E-state index in [1.165, 1.54) is 6.26 Å². The lowest BCUT2D eigenvalue weighted by Crippen LogP contribution is -2.36. The molecule has 0 amide bonds. The van der Waals surface area contributed by atoms with Crippen LogP contribution in [0.1, 0.15) is 12.8 Å². The fourth-order valence-electron chi connectivity index (χ4n) is 3.89. The van der Waals surface area contributed by atoms with Crippen LogP contribution in [0, 0.1) is 5.92 Å². The molecule has 2 aromatic heterocycles. The van der Waals surface area contributed by atoms with Gasteiger partial charge >= 0.3 is 0 Å². The Morgan fingerprint density at radius 3 is 2.59 bits per heavy atom. The van der Waals surface area contributed by atoms with Crippen molar-refractivity contribution in [1.29, 1.82) is 0 Å². The first-order valence-electron chi connectivity index (χ1n) is 9.21. The predicted molar refractivity (Wildman–Crippen MR) is 109 cm³/mol. The number of rotatable bonds is 4. The summed E-state index contributed by atoms with van der Waals surface area (Å²) in [5.74, 6) is 2.39. The second-order valence-corrected chi connectivity index (χ2v) is 9.59. The quantitative estimate of drug-likeness (QED) is 0.692. The van der Waals surface area contributed by atoms with Crippen LogP contribution in [0.15, 0.2) is 42.6 Å². The van der Waals surface area contributed by atoms with Crippen molar-refractivity contribution in [3.05, 3.63) is 42.6 Å². The zero-order valence-corrected chi connectivity index (χ0v) is 16.5. The third-order valence-corrected chi connectivity index (χ3v) is 6.34. The summed E-state index contributed by atoms with van der Waals surface area (Å²) in [7, 11) is -0.882. The first kappa shape index (κ1) is 18.0. The van der Waals surface area contributed by atoms with Crippen LogP contribution < -0.4 is 4.90 Å². The fourth-order valence-corrected chi connectivity index (χ4v) is 5.08. The Labute approximate surface area is 159 Å². The van der Waals surface area contributed by atoms with E-state index in [4.69, 9.17) is 4.98 Å². The van der Waals surface area contributed by atoms with E-state index in [0.717, 1.165) is 54.2 Å². The number of benzene rings is 1. The van der Waals surface area contributed by atoms with Crippen molar-refractivity contribution >= 4 is 26.7 Å². The summed E-state index contributed by atoms with van der Waals surface area (Å²) in [6.07, 6.45) is 4.91. The minimum Gasteiger partial charge on any atom is -0.357 e. The van der Waals surface area contributed by atoms with Crippen molar-refractivity contribution in [2.24, 2.45) is 13.0 Å². The molecule has 27 heavy (non-hydrogen) atoms. The molecule has 0 saturated carbocycles. The summed E-state index contributed by atoms with van der Waals surface area (Å²) in [4.78, 5) is 11.6. The average molecular weight is 385 g/mol. The standard InChI is InChI=1S/C20H24N4O2S/c1-23-18-6-4-3-5-17(18)22-20(23)16-7-10-21-19(13-16)24-11-8-15(9-12-24)14-27(2,25)26/h3-7,10,13,15H,8-9,11-12,14H2,1-2H3. The third kappa shape index (κ3) is 3.83. The van der Waals surface area contributed by atoms with Gasteiger partial charge in [-0.1, -0.05) is 12.1 Å². The molecule has 7 heteroatoms. The van der Waals surface area contributed by atoms with Crippen LogP contribution in [0.4, 0.5) is 5.82 Å². The number of aryl methyl sites for hydroxylation is 1. The number of imidazole rings is 1. The number of anilines is 1. The molecule has 0 spiro atoms. The SMILES string of the molecule is Cn1c(-c2ccnc(N3CCC(CS(C)(=O)=O)CC3)c2)nc2ccccc21. The van der Waals surface area contributed by atoms with Crippen molar-refractivity contribution in [3.8, 4) is 11.4 Å². The van der Waals surface area contributed by atoms with E-state index in [9.17, 15) is 8.42 Å². The maximum atomic E-state index is 11.5. The normalized spacial score (nSPS) is 16.1. The Morgan fingerprint density at radius 1 is 1.15 bits per heavy atom. The summed E-state index contributed by atoms with van der Waals surface area (Å²) >= 11 is 0. The van der Waals surface area contributed by atoms with Crippen LogP contribution in [-0.2, 0) is 16.9 Å². The topological polar surface area (TPSA) is 68.1 Å². The Hall–Kier alpha value is -2.41. The largest absolute Gasteiger partial charge is 0.357 e. The number of fused-ring (bicyclic) bond motifs is 1. The molecule has 1 saturated heterocycles. The minimum absolute atomic E-state index is 0.249.